The van der Waals surface area contributed by atoms with Crippen molar-refractivity contribution in [3.8, 4) is 0 Å². The van der Waals surface area contributed by atoms with Crippen molar-refractivity contribution in [2.75, 3.05) is 42.9 Å². The fourth-order valence-electron chi connectivity index (χ4n) is 3.81. The van der Waals surface area contributed by atoms with Gasteiger partial charge < -0.3 is 15.1 Å². The van der Waals surface area contributed by atoms with Gasteiger partial charge in [-0.25, -0.2) is 4.39 Å². The van der Waals surface area contributed by atoms with E-state index in [4.69, 9.17) is 0 Å². The molecule has 142 valence electrons. The average molecular weight is 371 g/mol. The molecule has 4 rings (SSSR count). The van der Waals surface area contributed by atoms with Gasteiger partial charge in [-0.3, -0.25) is 14.6 Å². The van der Waals surface area contributed by atoms with Crippen molar-refractivity contribution in [1.29, 1.82) is 0 Å². The minimum Gasteiger partial charge on any atom is -0.340 e. The van der Waals surface area contributed by atoms with Crippen LogP contribution in [-0.2, 0) is 4.79 Å². The van der Waals surface area contributed by atoms with Crippen molar-refractivity contribution in [2.24, 2.45) is 0 Å². The first kappa shape index (κ1) is 17.7. The zero-order chi connectivity index (χ0) is 19.0. The number of fused-ring (bicyclic) bond motifs is 1. The van der Waals surface area contributed by atoms with Crippen LogP contribution >= 0.6 is 0 Å². The van der Waals surface area contributed by atoms with Gasteiger partial charge in [-0.2, -0.15) is 4.98 Å². The number of amides is 1. The number of anilines is 2. The Bertz CT molecular complexity index is 921. The first-order chi connectivity index (χ1) is 13.1. The number of rotatable bonds is 3. The topological polar surface area (TPSA) is 81.3 Å². The van der Waals surface area contributed by atoms with E-state index in [-0.39, 0.29) is 23.7 Å². The molecule has 1 saturated heterocycles. The molecule has 1 aromatic carbocycles. The maximum atomic E-state index is 14.3. The third-order valence-corrected chi connectivity index (χ3v) is 5.34. The van der Waals surface area contributed by atoms with Crippen LogP contribution < -0.4 is 15.8 Å². The quantitative estimate of drug-likeness (QED) is 0.855. The Kier molecular flexibility index (Phi) is 4.65. The number of nitrogens with one attached hydrogen (secondary N) is 2. The molecule has 3 heterocycles. The Labute approximate surface area is 156 Å². The van der Waals surface area contributed by atoms with Crippen LogP contribution in [0.4, 0.5) is 16.2 Å². The molecule has 1 fully saturated rings. The van der Waals surface area contributed by atoms with Gasteiger partial charge in [0.2, 0.25) is 11.9 Å². The van der Waals surface area contributed by atoms with Crippen molar-refractivity contribution in [3.63, 3.8) is 0 Å². The monoisotopic (exact) mass is 371 g/mol. The van der Waals surface area contributed by atoms with Gasteiger partial charge in [0, 0.05) is 38.5 Å². The van der Waals surface area contributed by atoms with Gasteiger partial charge in [-0.15, -0.1) is 0 Å². The van der Waals surface area contributed by atoms with E-state index >= 15 is 0 Å². The zero-order valence-electron chi connectivity index (χ0n) is 15.2. The summed E-state index contributed by atoms with van der Waals surface area (Å²) in [7, 11) is 0. The van der Waals surface area contributed by atoms with Crippen LogP contribution in [0.2, 0.25) is 0 Å². The Morgan fingerprint density at radius 3 is 2.63 bits per heavy atom. The van der Waals surface area contributed by atoms with E-state index in [2.05, 4.69) is 27.1 Å². The highest BCUT2D eigenvalue weighted by molar-refractivity contribution is 5.94. The summed E-state index contributed by atoms with van der Waals surface area (Å²) < 4.78 is 14.3. The summed E-state index contributed by atoms with van der Waals surface area (Å²) in [6.07, 6.45) is 0.0210. The predicted octanol–water partition coefficient (Wildman–Crippen LogP) is 1.52. The third kappa shape index (κ3) is 3.32. The van der Waals surface area contributed by atoms with Crippen LogP contribution in [0.1, 0.15) is 30.4 Å². The number of nitrogens with zero attached hydrogens (tertiary/aromatic N) is 3. The normalized spacial score (nSPS) is 20.3. The molecule has 8 heteroatoms. The van der Waals surface area contributed by atoms with Gasteiger partial charge in [-0.1, -0.05) is 25.1 Å². The number of benzene rings is 1. The summed E-state index contributed by atoms with van der Waals surface area (Å²) in [4.78, 5) is 36.7. The molecule has 1 aromatic heterocycles. The third-order valence-electron chi connectivity index (χ3n) is 5.34. The highest BCUT2D eigenvalue weighted by atomic mass is 19.1. The Morgan fingerprint density at radius 2 is 1.93 bits per heavy atom. The molecule has 27 heavy (non-hydrogen) atoms. The maximum absolute atomic E-state index is 14.3. The Morgan fingerprint density at radius 1 is 1.19 bits per heavy atom. The lowest BCUT2D eigenvalue weighted by atomic mass is 9.86. The van der Waals surface area contributed by atoms with Crippen LogP contribution in [0.25, 0.3) is 0 Å². The second-order valence-corrected chi connectivity index (χ2v) is 6.90. The summed E-state index contributed by atoms with van der Waals surface area (Å²) in [6, 6.07) is 6.24. The Balaban J connectivity index is 1.71. The standard InChI is InChI=1S/C19H22FN5O2/c1-2-24-7-9-25(10-8-24)19-22-17-16(18(27)23-19)13(11-15(26)21-17)12-5-3-4-6-14(12)20/h3-6,13H,2,7-11H2,1H3,(H2,21,22,23,26,27)/t13-/m0/s1. The molecule has 0 radical (unpaired) electrons. The predicted molar refractivity (Wildman–Crippen MR) is 101 cm³/mol. The number of aromatic nitrogens is 2. The zero-order valence-corrected chi connectivity index (χ0v) is 15.2. The maximum Gasteiger partial charge on any atom is 0.258 e. The number of halogens is 1. The lowest BCUT2D eigenvalue weighted by Gasteiger charge is -2.35. The van der Waals surface area contributed by atoms with E-state index < -0.39 is 11.7 Å². The molecule has 0 unspecified atom stereocenters. The van der Waals surface area contributed by atoms with Crippen LogP contribution in [0.5, 0.6) is 0 Å². The van der Waals surface area contributed by atoms with E-state index in [9.17, 15) is 14.0 Å². The summed E-state index contributed by atoms with van der Waals surface area (Å²) in [5.41, 5.74) is 0.321. The number of hydrogen-bond donors (Lipinski definition) is 2. The minimum absolute atomic E-state index is 0.0210. The molecule has 2 aliphatic rings. The summed E-state index contributed by atoms with van der Waals surface area (Å²) in [5, 5.41) is 2.69. The van der Waals surface area contributed by atoms with Crippen LogP contribution in [0.15, 0.2) is 29.1 Å². The van der Waals surface area contributed by atoms with E-state index in [1.165, 1.54) is 6.07 Å². The molecule has 2 aromatic rings. The molecule has 2 N–H and O–H groups in total. The van der Waals surface area contributed by atoms with Crippen LogP contribution in [0.3, 0.4) is 0 Å². The molecule has 1 atom stereocenters. The number of aromatic amines is 1. The van der Waals surface area contributed by atoms with E-state index in [1.54, 1.807) is 18.2 Å². The van der Waals surface area contributed by atoms with E-state index in [0.29, 0.717) is 17.1 Å². The molecule has 0 bridgehead atoms. The molecular weight excluding hydrogens is 349 g/mol. The van der Waals surface area contributed by atoms with E-state index in [0.717, 1.165) is 32.7 Å². The summed E-state index contributed by atoms with van der Waals surface area (Å²) in [6.45, 7) is 6.39. The van der Waals surface area contributed by atoms with Crippen molar-refractivity contribution in [3.05, 3.63) is 51.6 Å². The molecular formula is C19H22FN5O2. The fraction of sp³-hybridized carbons (Fsp3) is 0.421. The molecule has 7 nitrogen and oxygen atoms in total. The summed E-state index contributed by atoms with van der Waals surface area (Å²) in [5.74, 6) is -0.657. The number of piperazine rings is 1. The van der Waals surface area contributed by atoms with Gasteiger partial charge in [-0.05, 0) is 18.2 Å². The number of carbonyl (C=O) groups excluding carboxylic acids is 1. The van der Waals surface area contributed by atoms with Gasteiger partial charge >= 0.3 is 0 Å². The number of likely N-dealkylation sites (N-methyl/N-ethyl adjacent to an activating group) is 1. The molecule has 1 amide bonds. The smallest absolute Gasteiger partial charge is 0.258 e. The highest BCUT2D eigenvalue weighted by Crippen LogP contribution is 2.35. The van der Waals surface area contributed by atoms with Gasteiger partial charge in [0.1, 0.15) is 11.6 Å². The highest BCUT2D eigenvalue weighted by Gasteiger charge is 2.33. The van der Waals surface area contributed by atoms with E-state index in [1.807, 2.05) is 4.90 Å². The minimum atomic E-state index is -0.641. The number of hydrogen-bond acceptors (Lipinski definition) is 5. The van der Waals surface area contributed by atoms with Crippen molar-refractivity contribution in [1.82, 2.24) is 14.9 Å². The number of H-pyrrole nitrogens is 1. The molecule has 0 saturated carbocycles. The Hall–Kier alpha value is -2.74. The average Bonchev–Trinajstić information content (AvgIpc) is 2.67. The van der Waals surface area contributed by atoms with Gasteiger partial charge in [0.25, 0.3) is 5.56 Å². The molecule has 2 aliphatic heterocycles. The summed E-state index contributed by atoms with van der Waals surface area (Å²) >= 11 is 0. The SMILES string of the molecule is CCN1CCN(c2nc3c(c(=O)[nH]2)[C@H](c2ccccc2F)CC(=O)N3)CC1. The lowest BCUT2D eigenvalue weighted by Crippen LogP contribution is -2.47. The van der Waals surface area contributed by atoms with Crippen molar-refractivity contribution < 1.29 is 9.18 Å². The van der Waals surface area contributed by atoms with Crippen LogP contribution in [-0.4, -0.2) is 53.5 Å². The van der Waals surface area contributed by atoms with Crippen molar-refractivity contribution >= 4 is 17.7 Å². The number of carbonyl (C=O) groups is 1. The first-order valence-electron chi connectivity index (χ1n) is 9.22. The lowest BCUT2D eigenvalue weighted by molar-refractivity contribution is -0.116. The molecule has 0 aliphatic carbocycles. The second-order valence-electron chi connectivity index (χ2n) is 6.90. The first-order valence-corrected chi connectivity index (χ1v) is 9.22. The van der Waals surface area contributed by atoms with Gasteiger partial charge in [0.15, 0.2) is 0 Å². The largest absolute Gasteiger partial charge is 0.340 e. The second kappa shape index (κ2) is 7.11. The fourth-order valence-corrected chi connectivity index (χ4v) is 3.81. The molecule has 0 spiro atoms. The van der Waals surface area contributed by atoms with Crippen LogP contribution in [0, 0.1) is 5.82 Å². The van der Waals surface area contributed by atoms with Crippen molar-refractivity contribution in [2.45, 2.75) is 19.3 Å². The van der Waals surface area contributed by atoms with Gasteiger partial charge in [0.05, 0.1) is 5.56 Å².